The molecular formula is C18H38N2O. The van der Waals surface area contributed by atoms with Gasteiger partial charge >= 0.3 is 0 Å². The zero-order valence-electron chi connectivity index (χ0n) is 14.9. The smallest absolute Gasteiger partial charge is 0.0702 e. The summed E-state index contributed by atoms with van der Waals surface area (Å²) in [5, 5.41) is 3.66. The second-order valence-electron chi connectivity index (χ2n) is 6.75. The van der Waals surface area contributed by atoms with Gasteiger partial charge in [-0.1, -0.05) is 27.7 Å². The van der Waals surface area contributed by atoms with Gasteiger partial charge in [0.2, 0.25) is 0 Å². The van der Waals surface area contributed by atoms with Gasteiger partial charge in [-0.25, -0.2) is 0 Å². The number of nitrogens with zero attached hydrogens (tertiary/aromatic N) is 1. The molecule has 3 heteroatoms. The van der Waals surface area contributed by atoms with Crippen LogP contribution in [-0.4, -0.2) is 50.3 Å². The lowest BCUT2D eigenvalue weighted by atomic mass is 9.81. The molecule has 1 heterocycles. The van der Waals surface area contributed by atoms with E-state index in [4.69, 9.17) is 4.74 Å². The second kappa shape index (κ2) is 10.6. The molecule has 0 radical (unpaired) electrons. The molecular weight excluding hydrogens is 260 g/mol. The van der Waals surface area contributed by atoms with Crippen LogP contribution < -0.4 is 5.32 Å². The van der Waals surface area contributed by atoms with Crippen LogP contribution in [0.3, 0.4) is 0 Å². The van der Waals surface area contributed by atoms with E-state index in [0.717, 1.165) is 32.7 Å². The Labute approximate surface area is 132 Å². The highest BCUT2D eigenvalue weighted by molar-refractivity contribution is 4.85. The fourth-order valence-electron chi connectivity index (χ4n) is 3.36. The van der Waals surface area contributed by atoms with E-state index in [-0.39, 0.29) is 0 Å². The lowest BCUT2D eigenvalue weighted by Crippen LogP contribution is -2.48. The zero-order chi connectivity index (χ0) is 15.6. The van der Waals surface area contributed by atoms with Gasteiger partial charge in [0.25, 0.3) is 0 Å². The molecule has 1 N–H and O–H groups in total. The van der Waals surface area contributed by atoms with E-state index < -0.39 is 0 Å². The van der Waals surface area contributed by atoms with E-state index in [0.29, 0.717) is 11.5 Å². The molecule has 0 bridgehead atoms. The largest absolute Gasteiger partial charge is 0.377 e. The molecule has 1 rings (SSSR count). The first-order valence-electron chi connectivity index (χ1n) is 9.24. The molecule has 1 unspecified atom stereocenters. The summed E-state index contributed by atoms with van der Waals surface area (Å²) in [4.78, 5) is 2.66. The lowest BCUT2D eigenvalue weighted by Gasteiger charge is -2.41. The summed E-state index contributed by atoms with van der Waals surface area (Å²) in [5.74, 6) is 0. The van der Waals surface area contributed by atoms with Crippen LogP contribution in [0.25, 0.3) is 0 Å². The molecule has 0 aromatic carbocycles. The summed E-state index contributed by atoms with van der Waals surface area (Å²) in [6, 6.07) is 0. The van der Waals surface area contributed by atoms with Crippen molar-refractivity contribution in [1.82, 2.24) is 10.2 Å². The highest BCUT2D eigenvalue weighted by Gasteiger charge is 2.31. The minimum absolute atomic E-state index is 0.432. The third kappa shape index (κ3) is 6.66. The fraction of sp³-hybridized carbons (Fsp3) is 1.00. The van der Waals surface area contributed by atoms with E-state index in [1.807, 2.05) is 0 Å². The van der Waals surface area contributed by atoms with Crippen LogP contribution in [0.4, 0.5) is 0 Å². The first-order chi connectivity index (χ1) is 10.2. The normalized spacial score (nSPS) is 20.9. The number of piperidine rings is 1. The van der Waals surface area contributed by atoms with Crippen molar-refractivity contribution in [2.75, 3.05) is 39.3 Å². The highest BCUT2D eigenvalue weighted by Crippen LogP contribution is 2.28. The molecule has 1 fully saturated rings. The Kier molecular flexibility index (Phi) is 9.54. The van der Waals surface area contributed by atoms with Gasteiger partial charge < -0.3 is 15.0 Å². The third-order valence-corrected chi connectivity index (χ3v) is 5.01. The van der Waals surface area contributed by atoms with Crippen molar-refractivity contribution in [1.29, 1.82) is 0 Å². The van der Waals surface area contributed by atoms with Crippen LogP contribution in [0.5, 0.6) is 0 Å². The van der Waals surface area contributed by atoms with Crippen molar-refractivity contribution < 1.29 is 4.74 Å². The van der Waals surface area contributed by atoms with Crippen LogP contribution in [0, 0.1) is 5.41 Å². The molecule has 126 valence electrons. The van der Waals surface area contributed by atoms with Crippen LogP contribution in [0.15, 0.2) is 0 Å². The molecule has 0 aromatic heterocycles. The molecule has 3 nitrogen and oxygen atoms in total. The number of rotatable bonds is 11. The van der Waals surface area contributed by atoms with Gasteiger partial charge in [0.1, 0.15) is 0 Å². The Morgan fingerprint density at radius 1 is 1.14 bits per heavy atom. The molecule has 0 saturated carbocycles. The minimum atomic E-state index is 0.432. The number of hydrogen-bond acceptors (Lipinski definition) is 3. The van der Waals surface area contributed by atoms with Crippen LogP contribution in [0.2, 0.25) is 0 Å². The summed E-state index contributed by atoms with van der Waals surface area (Å²) in [6.07, 6.45) is 7.88. The van der Waals surface area contributed by atoms with E-state index in [1.54, 1.807) is 0 Å². The standard InChI is InChI=1S/C18H38N2O/c1-5-11-19-15-18(7-3,8-4)16-20-12-9-10-17(14-20)21-13-6-2/h17,19H,5-16H2,1-4H3. The fourth-order valence-corrected chi connectivity index (χ4v) is 3.36. The second-order valence-corrected chi connectivity index (χ2v) is 6.75. The van der Waals surface area contributed by atoms with Gasteiger partial charge in [-0.3, -0.25) is 0 Å². The molecule has 1 aliphatic rings. The van der Waals surface area contributed by atoms with E-state index in [9.17, 15) is 0 Å². The quantitative estimate of drug-likeness (QED) is 0.589. The van der Waals surface area contributed by atoms with Crippen molar-refractivity contribution in [2.45, 2.75) is 72.3 Å². The maximum absolute atomic E-state index is 5.99. The summed E-state index contributed by atoms with van der Waals surface area (Å²) < 4.78 is 5.99. The van der Waals surface area contributed by atoms with Crippen LogP contribution in [0.1, 0.15) is 66.2 Å². The van der Waals surface area contributed by atoms with Gasteiger partial charge in [-0.2, -0.15) is 0 Å². The highest BCUT2D eigenvalue weighted by atomic mass is 16.5. The van der Waals surface area contributed by atoms with Gasteiger partial charge in [0.05, 0.1) is 6.10 Å². The maximum atomic E-state index is 5.99. The topological polar surface area (TPSA) is 24.5 Å². The Balaban J connectivity index is 2.48. The minimum Gasteiger partial charge on any atom is -0.377 e. The summed E-state index contributed by atoms with van der Waals surface area (Å²) in [6.45, 7) is 16.0. The average molecular weight is 299 g/mol. The van der Waals surface area contributed by atoms with Gasteiger partial charge in [-0.15, -0.1) is 0 Å². The first kappa shape index (κ1) is 18.9. The zero-order valence-corrected chi connectivity index (χ0v) is 14.9. The number of likely N-dealkylation sites (tertiary alicyclic amines) is 1. The molecule has 0 aliphatic carbocycles. The molecule has 1 saturated heterocycles. The van der Waals surface area contributed by atoms with Crippen LogP contribution in [-0.2, 0) is 4.74 Å². The van der Waals surface area contributed by atoms with E-state index in [1.165, 1.54) is 45.2 Å². The summed E-state index contributed by atoms with van der Waals surface area (Å²) in [7, 11) is 0. The molecule has 21 heavy (non-hydrogen) atoms. The van der Waals surface area contributed by atoms with Gasteiger partial charge in [0.15, 0.2) is 0 Å². The average Bonchev–Trinajstić information content (AvgIpc) is 2.52. The lowest BCUT2D eigenvalue weighted by molar-refractivity contribution is -0.0129. The number of hydrogen-bond donors (Lipinski definition) is 1. The predicted molar refractivity (Wildman–Crippen MR) is 91.9 cm³/mol. The monoisotopic (exact) mass is 298 g/mol. The van der Waals surface area contributed by atoms with Crippen LogP contribution >= 0.6 is 0 Å². The summed E-state index contributed by atoms with van der Waals surface area (Å²) >= 11 is 0. The Hall–Kier alpha value is -0.120. The third-order valence-electron chi connectivity index (χ3n) is 5.01. The van der Waals surface area contributed by atoms with Crippen molar-refractivity contribution >= 4 is 0 Å². The van der Waals surface area contributed by atoms with Crippen molar-refractivity contribution in [3.8, 4) is 0 Å². The number of nitrogens with one attached hydrogen (secondary N) is 1. The molecule has 1 aliphatic heterocycles. The van der Waals surface area contributed by atoms with Crippen molar-refractivity contribution in [3.63, 3.8) is 0 Å². The first-order valence-corrected chi connectivity index (χ1v) is 9.24. The Morgan fingerprint density at radius 3 is 2.52 bits per heavy atom. The molecule has 1 atom stereocenters. The van der Waals surface area contributed by atoms with Crippen molar-refractivity contribution in [2.24, 2.45) is 5.41 Å². The molecule has 0 spiro atoms. The van der Waals surface area contributed by atoms with Gasteiger partial charge in [0, 0.05) is 26.2 Å². The summed E-state index contributed by atoms with van der Waals surface area (Å²) in [5.41, 5.74) is 0.432. The van der Waals surface area contributed by atoms with Gasteiger partial charge in [-0.05, 0) is 57.0 Å². The number of ether oxygens (including phenoxy) is 1. The van der Waals surface area contributed by atoms with Crippen molar-refractivity contribution in [3.05, 3.63) is 0 Å². The SMILES string of the molecule is CCCNCC(CC)(CC)CN1CCCC(OCCC)C1. The Morgan fingerprint density at radius 2 is 1.90 bits per heavy atom. The van der Waals surface area contributed by atoms with E-state index in [2.05, 4.69) is 37.9 Å². The molecule has 0 aromatic rings. The predicted octanol–water partition coefficient (Wildman–Crippen LogP) is 3.68. The molecule has 0 amide bonds. The maximum Gasteiger partial charge on any atom is 0.0702 e. The Bertz CT molecular complexity index is 254. The van der Waals surface area contributed by atoms with E-state index >= 15 is 0 Å².